The second-order valence-electron chi connectivity index (χ2n) is 5.00. The van der Waals surface area contributed by atoms with Crippen LogP contribution in [0.4, 0.5) is 0 Å². The number of rotatable bonds is 7. The minimum Gasteiger partial charge on any atom is -0.469 e. The van der Waals surface area contributed by atoms with Gasteiger partial charge in [-0.05, 0) is 12.8 Å². The summed E-state index contributed by atoms with van der Waals surface area (Å²) < 4.78 is 9.89. The van der Waals surface area contributed by atoms with Crippen LogP contribution < -0.4 is 0 Å². The first-order chi connectivity index (χ1) is 8.77. The molecule has 0 aromatic carbocycles. The quantitative estimate of drug-likeness (QED) is 0.518. The van der Waals surface area contributed by atoms with Crippen LogP contribution in [-0.2, 0) is 14.3 Å². The van der Waals surface area contributed by atoms with E-state index in [1.807, 2.05) is 0 Å². The Morgan fingerprint density at radius 3 is 2.33 bits per heavy atom. The molecule has 1 aliphatic carbocycles. The van der Waals surface area contributed by atoms with E-state index < -0.39 is 0 Å². The molecule has 4 heteroatoms. The van der Waals surface area contributed by atoms with E-state index in [0.29, 0.717) is 12.5 Å². The maximum atomic E-state index is 11.3. The zero-order chi connectivity index (χ0) is 13.2. The Morgan fingerprint density at radius 1 is 1.11 bits per heavy atom. The molecule has 0 radical (unpaired) electrons. The lowest BCUT2D eigenvalue weighted by Crippen LogP contribution is -2.39. The topological polar surface area (TPSA) is 38.8 Å². The van der Waals surface area contributed by atoms with Gasteiger partial charge in [-0.25, -0.2) is 0 Å². The van der Waals surface area contributed by atoms with Gasteiger partial charge in [0.2, 0.25) is 0 Å². The van der Waals surface area contributed by atoms with E-state index in [2.05, 4.69) is 4.90 Å². The van der Waals surface area contributed by atoms with Crippen molar-refractivity contribution in [1.82, 2.24) is 4.90 Å². The van der Waals surface area contributed by atoms with Crippen molar-refractivity contribution in [2.24, 2.45) is 0 Å². The first-order valence-electron chi connectivity index (χ1n) is 7.07. The van der Waals surface area contributed by atoms with E-state index >= 15 is 0 Å². The summed E-state index contributed by atoms with van der Waals surface area (Å²) >= 11 is 0. The summed E-state index contributed by atoms with van der Waals surface area (Å²) in [6.07, 6.45) is 8.32. The van der Waals surface area contributed by atoms with E-state index in [1.165, 1.54) is 45.6 Å². The highest BCUT2D eigenvalue weighted by atomic mass is 16.5. The Bertz CT molecular complexity index is 225. The number of nitrogens with zero attached hydrogens (tertiary/aromatic N) is 1. The van der Waals surface area contributed by atoms with Crippen molar-refractivity contribution in [2.75, 3.05) is 33.9 Å². The summed E-state index contributed by atoms with van der Waals surface area (Å²) in [5, 5.41) is 0. The van der Waals surface area contributed by atoms with E-state index in [1.54, 1.807) is 7.11 Å². The Balaban J connectivity index is 2.43. The first kappa shape index (κ1) is 15.4. The summed E-state index contributed by atoms with van der Waals surface area (Å²) in [4.78, 5) is 13.7. The van der Waals surface area contributed by atoms with Gasteiger partial charge < -0.3 is 9.47 Å². The number of ether oxygens (including phenoxy) is 2. The van der Waals surface area contributed by atoms with E-state index in [0.717, 1.165) is 19.7 Å². The van der Waals surface area contributed by atoms with Crippen LogP contribution >= 0.6 is 0 Å². The third-order valence-corrected chi connectivity index (χ3v) is 3.75. The van der Waals surface area contributed by atoms with Crippen molar-refractivity contribution in [3.63, 3.8) is 0 Å². The number of hydrogen-bond acceptors (Lipinski definition) is 4. The smallest absolute Gasteiger partial charge is 0.306 e. The molecule has 0 unspecified atom stereocenters. The molecule has 0 N–H and O–H groups in total. The van der Waals surface area contributed by atoms with Gasteiger partial charge in [0.1, 0.15) is 0 Å². The van der Waals surface area contributed by atoms with Crippen molar-refractivity contribution < 1.29 is 14.3 Å². The first-order valence-corrected chi connectivity index (χ1v) is 7.07. The van der Waals surface area contributed by atoms with Crippen LogP contribution in [0.15, 0.2) is 0 Å². The van der Waals surface area contributed by atoms with Crippen LogP contribution in [0.5, 0.6) is 0 Å². The van der Waals surface area contributed by atoms with E-state index in [-0.39, 0.29) is 5.97 Å². The Kier molecular flexibility index (Phi) is 8.01. The highest BCUT2D eigenvalue weighted by molar-refractivity contribution is 5.69. The van der Waals surface area contributed by atoms with Gasteiger partial charge >= 0.3 is 5.97 Å². The van der Waals surface area contributed by atoms with Gasteiger partial charge in [-0.1, -0.05) is 25.7 Å². The largest absolute Gasteiger partial charge is 0.469 e. The van der Waals surface area contributed by atoms with Crippen LogP contribution in [0.2, 0.25) is 0 Å². The molecule has 0 aromatic heterocycles. The summed E-state index contributed by atoms with van der Waals surface area (Å²) in [6.45, 7) is 2.44. The molecular weight excluding hydrogens is 230 g/mol. The Labute approximate surface area is 111 Å². The van der Waals surface area contributed by atoms with Gasteiger partial charge in [0.15, 0.2) is 0 Å². The number of esters is 1. The van der Waals surface area contributed by atoms with Crippen LogP contribution in [0.1, 0.15) is 44.9 Å². The van der Waals surface area contributed by atoms with Gasteiger partial charge in [0.05, 0.1) is 20.1 Å². The molecular formula is C14H27NO3. The van der Waals surface area contributed by atoms with E-state index in [4.69, 9.17) is 9.47 Å². The summed E-state index contributed by atoms with van der Waals surface area (Å²) in [6, 6.07) is 0.618. The van der Waals surface area contributed by atoms with Gasteiger partial charge in [0, 0.05) is 26.2 Å². The molecule has 0 spiro atoms. The number of hydrogen-bond donors (Lipinski definition) is 0. The number of carbonyl (C=O) groups excluding carboxylic acids is 1. The lowest BCUT2D eigenvalue weighted by Gasteiger charge is -2.30. The molecule has 0 amide bonds. The van der Waals surface area contributed by atoms with Crippen molar-refractivity contribution in [3.8, 4) is 0 Å². The van der Waals surface area contributed by atoms with Gasteiger partial charge in [0.25, 0.3) is 0 Å². The van der Waals surface area contributed by atoms with Crippen LogP contribution in [0.25, 0.3) is 0 Å². The lowest BCUT2D eigenvalue weighted by molar-refractivity contribution is -0.141. The van der Waals surface area contributed by atoms with E-state index in [9.17, 15) is 4.79 Å². The average molecular weight is 257 g/mol. The lowest BCUT2D eigenvalue weighted by atomic mass is 10.1. The number of methoxy groups -OCH3 is 2. The summed E-state index contributed by atoms with van der Waals surface area (Å²) in [5.41, 5.74) is 0. The summed E-state index contributed by atoms with van der Waals surface area (Å²) in [5.74, 6) is -0.119. The molecule has 18 heavy (non-hydrogen) atoms. The van der Waals surface area contributed by atoms with Gasteiger partial charge in [-0.3, -0.25) is 9.69 Å². The molecule has 1 saturated carbocycles. The SMILES string of the molecule is COCCN(CCC(=O)OC)C1CCCCCC1. The third-order valence-electron chi connectivity index (χ3n) is 3.75. The Hall–Kier alpha value is -0.610. The molecule has 0 aromatic rings. The molecule has 0 heterocycles. The predicted molar refractivity (Wildman–Crippen MR) is 71.6 cm³/mol. The molecule has 4 nitrogen and oxygen atoms in total. The predicted octanol–water partition coefficient (Wildman–Crippen LogP) is 2.22. The third kappa shape index (κ3) is 5.83. The maximum absolute atomic E-state index is 11.3. The molecule has 0 atom stereocenters. The second-order valence-corrected chi connectivity index (χ2v) is 5.00. The zero-order valence-electron chi connectivity index (χ0n) is 11.8. The standard InChI is InChI=1S/C14H27NO3/c1-17-12-11-15(10-9-14(16)18-2)13-7-5-3-4-6-8-13/h13H,3-12H2,1-2H3. The van der Waals surface area contributed by atoms with Crippen LogP contribution in [-0.4, -0.2) is 50.8 Å². The zero-order valence-corrected chi connectivity index (χ0v) is 11.8. The normalized spacial score (nSPS) is 17.7. The van der Waals surface area contributed by atoms with Gasteiger partial charge in [-0.15, -0.1) is 0 Å². The number of carbonyl (C=O) groups is 1. The monoisotopic (exact) mass is 257 g/mol. The Morgan fingerprint density at radius 2 is 1.78 bits per heavy atom. The molecule has 0 aliphatic heterocycles. The fraction of sp³-hybridized carbons (Fsp3) is 0.929. The average Bonchev–Trinajstić information content (AvgIpc) is 2.67. The van der Waals surface area contributed by atoms with Crippen molar-refractivity contribution in [2.45, 2.75) is 51.0 Å². The molecule has 106 valence electrons. The fourth-order valence-corrected chi connectivity index (χ4v) is 2.65. The van der Waals surface area contributed by atoms with Crippen LogP contribution in [0, 0.1) is 0 Å². The van der Waals surface area contributed by atoms with Crippen molar-refractivity contribution >= 4 is 5.97 Å². The minimum atomic E-state index is -0.119. The summed E-state index contributed by atoms with van der Waals surface area (Å²) in [7, 11) is 3.18. The molecule has 1 fully saturated rings. The molecule has 0 saturated heterocycles. The second kappa shape index (κ2) is 9.34. The molecule has 1 rings (SSSR count). The van der Waals surface area contributed by atoms with Gasteiger partial charge in [-0.2, -0.15) is 0 Å². The molecule has 0 bridgehead atoms. The highest BCUT2D eigenvalue weighted by Crippen LogP contribution is 2.22. The maximum Gasteiger partial charge on any atom is 0.306 e. The van der Waals surface area contributed by atoms with Crippen molar-refractivity contribution in [1.29, 1.82) is 0 Å². The minimum absolute atomic E-state index is 0.119. The molecule has 1 aliphatic rings. The highest BCUT2D eigenvalue weighted by Gasteiger charge is 2.20. The van der Waals surface area contributed by atoms with Crippen molar-refractivity contribution in [3.05, 3.63) is 0 Å². The fourth-order valence-electron chi connectivity index (χ4n) is 2.65. The van der Waals surface area contributed by atoms with Crippen LogP contribution in [0.3, 0.4) is 0 Å².